The van der Waals surface area contributed by atoms with Gasteiger partial charge in [0.05, 0.1) is 5.56 Å². The lowest BCUT2D eigenvalue weighted by Crippen LogP contribution is -2.17. The van der Waals surface area contributed by atoms with Gasteiger partial charge in [-0.3, -0.25) is 0 Å². The molecule has 0 heterocycles. The van der Waals surface area contributed by atoms with Crippen LogP contribution in [0.15, 0.2) is 42.5 Å². The van der Waals surface area contributed by atoms with Crippen molar-refractivity contribution in [3.8, 4) is 5.75 Å². The first-order valence-electron chi connectivity index (χ1n) is 7.55. The Morgan fingerprint density at radius 3 is 2.55 bits per heavy atom. The summed E-state index contributed by atoms with van der Waals surface area (Å²) in [5, 5.41) is 13.4. The second-order valence-corrected chi connectivity index (χ2v) is 6.70. The predicted molar refractivity (Wildman–Crippen MR) is 97.9 cm³/mol. The van der Waals surface area contributed by atoms with Crippen LogP contribution in [0.25, 0.3) is 0 Å². The van der Waals surface area contributed by atoms with E-state index < -0.39 is 0 Å². The Balaban J connectivity index is 2.31. The summed E-state index contributed by atoms with van der Waals surface area (Å²) >= 11 is 5.48. The zero-order valence-electron chi connectivity index (χ0n) is 13.6. The van der Waals surface area contributed by atoms with Crippen LogP contribution in [0.1, 0.15) is 43.9 Å². The number of thiocarbonyl (C=S) groups is 1. The quantitative estimate of drug-likeness (QED) is 0.763. The number of hydrogen-bond acceptors (Lipinski definition) is 2. The Kier molecular flexibility index (Phi) is 4.87. The van der Waals surface area contributed by atoms with Gasteiger partial charge in [-0.1, -0.05) is 51.2 Å². The minimum absolute atomic E-state index is 0.0569. The molecule has 0 saturated carbocycles. The molecule has 0 radical (unpaired) electrons. The van der Waals surface area contributed by atoms with Crippen molar-refractivity contribution in [3.05, 3.63) is 59.2 Å². The summed E-state index contributed by atoms with van der Waals surface area (Å²) in [6.45, 7) is 8.59. The molecule has 22 heavy (non-hydrogen) atoms. The number of rotatable bonds is 4. The summed E-state index contributed by atoms with van der Waals surface area (Å²) in [4.78, 5) is 0.539. The molecule has 0 aromatic heterocycles. The molecule has 116 valence electrons. The lowest BCUT2D eigenvalue weighted by Gasteiger charge is -2.24. The fourth-order valence-electron chi connectivity index (χ4n) is 2.26. The molecule has 2 nitrogen and oxygen atoms in total. The molecule has 0 aliphatic rings. The van der Waals surface area contributed by atoms with E-state index in [-0.39, 0.29) is 11.2 Å². The zero-order valence-corrected chi connectivity index (χ0v) is 14.4. The molecular formula is C19H23NOS. The predicted octanol–water partition coefficient (Wildman–Crippen LogP) is 5.18. The summed E-state index contributed by atoms with van der Waals surface area (Å²) in [6, 6.07) is 13.7. The standard InChI is InChI=1S/C19H23NOS/c1-5-19(3,4)14-9-10-17(21)16(12-14)18(22)20-15-8-6-7-13(2)11-15/h6-12,21H,5H2,1-4H3,(H,20,22). The summed E-state index contributed by atoms with van der Waals surface area (Å²) in [7, 11) is 0. The molecule has 0 fully saturated rings. The Labute approximate surface area is 138 Å². The molecule has 2 aromatic carbocycles. The monoisotopic (exact) mass is 313 g/mol. The van der Waals surface area contributed by atoms with Crippen LogP contribution >= 0.6 is 12.2 Å². The van der Waals surface area contributed by atoms with E-state index in [4.69, 9.17) is 12.2 Å². The third-order valence-corrected chi connectivity index (χ3v) is 4.50. The van der Waals surface area contributed by atoms with Crippen molar-refractivity contribution in [1.29, 1.82) is 0 Å². The zero-order chi connectivity index (χ0) is 16.3. The van der Waals surface area contributed by atoms with Crippen molar-refractivity contribution in [1.82, 2.24) is 0 Å². The van der Waals surface area contributed by atoms with Gasteiger partial charge < -0.3 is 10.4 Å². The smallest absolute Gasteiger partial charge is 0.125 e. The SMILES string of the molecule is CCC(C)(C)c1ccc(O)c(C(=S)Nc2cccc(C)c2)c1. The molecule has 0 unspecified atom stereocenters. The highest BCUT2D eigenvalue weighted by molar-refractivity contribution is 7.81. The lowest BCUT2D eigenvalue weighted by atomic mass is 9.81. The van der Waals surface area contributed by atoms with Gasteiger partial charge in [-0.15, -0.1) is 0 Å². The average molecular weight is 313 g/mol. The van der Waals surface area contributed by atoms with E-state index in [1.807, 2.05) is 43.3 Å². The van der Waals surface area contributed by atoms with E-state index in [0.717, 1.165) is 17.7 Å². The summed E-state index contributed by atoms with van der Waals surface area (Å²) in [5.74, 6) is 0.209. The van der Waals surface area contributed by atoms with Crippen LogP contribution in [0.4, 0.5) is 5.69 Å². The summed E-state index contributed by atoms with van der Waals surface area (Å²) < 4.78 is 0. The Bertz CT molecular complexity index is 692. The highest BCUT2D eigenvalue weighted by Crippen LogP contribution is 2.30. The van der Waals surface area contributed by atoms with Crippen molar-refractivity contribution in [2.45, 2.75) is 39.5 Å². The first-order valence-corrected chi connectivity index (χ1v) is 7.96. The lowest BCUT2D eigenvalue weighted by molar-refractivity contribution is 0.470. The molecule has 0 aliphatic heterocycles. The van der Waals surface area contributed by atoms with Crippen LogP contribution in [0.3, 0.4) is 0 Å². The topological polar surface area (TPSA) is 32.3 Å². The van der Waals surface area contributed by atoms with Gasteiger partial charge in [0.15, 0.2) is 0 Å². The highest BCUT2D eigenvalue weighted by Gasteiger charge is 2.20. The number of aryl methyl sites for hydroxylation is 1. The van der Waals surface area contributed by atoms with Gasteiger partial charge in [0.25, 0.3) is 0 Å². The van der Waals surface area contributed by atoms with Crippen molar-refractivity contribution in [2.75, 3.05) is 5.32 Å². The van der Waals surface area contributed by atoms with Gasteiger partial charge >= 0.3 is 0 Å². The fraction of sp³-hybridized carbons (Fsp3) is 0.316. The number of nitrogens with one attached hydrogen (secondary N) is 1. The average Bonchev–Trinajstić information content (AvgIpc) is 2.47. The third kappa shape index (κ3) is 3.66. The van der Waals surface area contributed by atoms with Gasteiger partial charge in [0, 0.05) is 5.69 Å². The van der Waals surface area contributed by atoms with Gasteiger partial charge in [-0.05, 0) is 54.2 Å². The normalized spacial score (nSPS) is 11.3. The number of aromatic hydroxyl groups is 1. The van der Waals surface area contributed by atoms with E-state index >= 15 is 0 Å². The van der Waals surface area contributed by atoms with Crippen LogP contribution < -0.4 is 5.32 Å². The van der Waals surface area contributed by atoms with E-state index in [0.29, 0.717) is 10.6 Å². The molecule has 0 amide bonds. The van der Waals surface area contributed by atoms with Crippen LogP contribution in [0.2, 0.25) is 0 Å². The molecule has 0 saturated heterocycles. The number of phenols is 1. The van der Waals surface area contributed by atoms with Gasteiger partial charge in [-0.2, -0.15) is 0 Å². The molecule has 0 spiro atoms. The Morgan fingerprint density at radius 2 is 1.91 bits per heavy atom. The highest BCUT2D eigenvalue weighted by atomic mass is 32.1. The van der Waals surface area contributed by atoms with Crippen molar-refractivity contribution in [3.63, 3.8) is 0 Å². The van der Waals surface area contributed by atoms with Gasteiger partial charge in [0.1, 0.15) is 10.7 Å². The van der Waals surface area contributed by atoms with Crippen LogP contribution in [-0.4, -0.2) is 10.1 Å². The maximum absolute atomic E-state index is 10.1. The second-order valence-electron chi connectivity index (χ2n) is 6.29. The van der Waals surface area contributed by atoms with E-state index in [1.54, 1.807) is 6.07 Å². The number of anilines is 1. The minimum Gasteiger partial charge on any atom is -0.507 e. The fourth-order valence-corrected chi connectivity index (χ4v) is 2.55. The molecular weight excluding hydrogens is 290 g/mol. The molecule has 2 rings (SSSR count). The number of hydrogen-bond donors (Lipinski definition) is 2. The van der Waals surface area contributed by atoms with Crippen molar-refractivity contribution < 1.29 is 5.11 Å². The third-order valence-electron chi connectivity index (χ3n) is 4.18. The number of phenolic OH excluding ortho intramolecular Hbond substituents is 1. The molecule has 0 atom stereocenters. The molecule has 2 aromatic rings. The molecule has 2 N–H and O–H groups in total. The summed E-state index contributed by atoms with van der Waals surface area (Å²) in [6.07, 6.45) is 1.02. The van der Waals surface area contributed by atoms with Crippen LogP contribution in [0, 0.1) is 6.92 Å². The van der Waals surface area contributed by atoms with E-state index in [2.05, 4.69) is 26.1 Å². The van der Waals surface area contributed by atoms with Crippen LogP contribution in [-0.2, 0) is 5.41 Å². The van der Waals surface area contributed by atoms with Crippen LogP contribution in [0.5, 0.6) is 5.75 Å². The largest absolute Gasteiger partial charge is 0.507 e. The van der Waals surface area contributed by atoms with E-state index in [9.17, 15) is 5.11 Å². The summed E-state index contributed by atoms with van der Waals surface area (Å²) in [5.41, 5.74) is 4.01. The van der Waals surface area contributed by atoms with Crippen molar-refractivity contribution in [2.24, 2.45) is 0 Å². The van der Waals surface area contributed by atoms with Gasteiger partial charge in [-0.25, -0.2) is 0 Å². The first-order chi connectivity index (χ1) is 10.3. The molecule has 0 aliphatic carbocycles. The second kappa shape index (κ2) is 6.49. The molecule has 3 heteroatoms. The Morgan fingerprint density at radius 1 is 1.18 bits per heavy atom. The molecule has 0 bridgehead atoms. The minimum atomic E-state index is 0.0569. The maximum Gasteiger partial charge on any atom is 0.125 e. The van der Waals surface area contributed by atoms with Crippen molar-refractivity contribution >= 4 is 22.9 Å². The first kappa shape index (κ1) is 16.5. The number of benzene rings is 2. The van der Waals surface area contributed by atoms with Gasteiger partial charge in [0.2, 0.25) is 0 Å². The van der Waals surface area contributed by atoms with E-state index in [1.165, 1.54) is 5.56 Å². The Hall–Kier alpha value is -1.87. The maximum atomic E-state index is 10.1.